The summed E-state index contributed by atoms with van der Waals surface area (Å²) in [4.78, 5) is 18.5. The number of methoxy groups -OCH3 is 1. The highest BCUT2D eigenvalue weighted by Crippen LogP contribution is 2.36. The van der Waals surface area contributed by atoms with Gasteiger partial charge in [-0.1, -0.05) is 24.9 Å². The number of hydrogen-bond donors (Lipinski definition) is 2. The van der Waals surface area contributed by atoms with E-state index in [1.54, 1.807) is 13.3 Å². The predicted octanol–water partition coefficient (Wildman–Crippen LogP) is 5.62. The Hall–Kier alpha value is -1.54. The van der Waals surface area contributed by atoms with Crippen LogP contribution in [0, 0.1) is 11.8 Å². The Labute approximate surface area is 212 Å². The van der Waals surface area contributed by atoms with Gasteiger partial charge >= 0.3 is 5.97 Å². The standard InChI is InChI=1S/C26H38ClN3O3S/c1-3-4-12-34-13-11-30-10-9-18(19(17-30)14-25(31)32)5-7-23(28)26-21-15-20(33-2)6-8-24(21)29-16-22(26)27/h6,8,15-16,18-19,23H,3-5,7,9-14,17,28H2,1-2H3,(H,31,32). The van der Waals surface area contributed by atoms with Crippen molar-refractivity contribution in [2.75, 3.05) is 38.2 Å². The topological polar surface area (TPSA) is 88.7 Å². The molecule has 188 valence electrons. The lowest BCUT2D eigenvalue weighted by Crippen LogP contribution is -2.42. The third-order valence-electron chi connectivity index (χ3n) is 6.89. The van der Waals surface area contributed by atoms with Crippen LogP contribution in [-0.4, -0.2) is 59.2 Å². The molecule has 0 aliphatic carbocycles. The van der Waals surface area contributed by atoms with E-state index in [0.717, 1.165) is 66.9 Å². The van der Waals surface area contributed by atoms with Gasteiger partial charge in [-0.05, 0) is 73.6 Å². The van der Waals surface area contributed by atoms with Crippen LogP contribution in [0.25, 0.3) is 10.9 Å². The summed E-state index contributed by atoms with van der Waals surface area (Å²) in [5.74, 6) is 2.87. The fraction of sp³-hybridized carbons (Fsp3) is 0.615. The molecule has 3 N–H and O–H groups in total. The summed E-state index contributed by atoms with van der Waals surface area (Å²) in [6.07, 6.45) is 7.04. The maximum absolute atomic E-state index is 11.6. The van der Waals surface area contributed by atoms with E-state index in [1.165, 1.54) is 18.6 Å². The molecule has 2 heterocycles. The molecule has 3 atom stereocenters. The van der Waals surface area contributed by atoms with Crippen LogP contribution < -0.4 is 10.5 Å². The summed E-state index contributed by atoms with van der Waals surface area (Å²) >= 11 is 8.55. The van der Waals surface area contributed by atoms with Crippen LogP contribution in [-0.2, 0) is 4.79 Å². The average Bonchev–Trinajstić information content (AvgIpc) is 2.82. The van der Waals surface area contributed by atoms with E-state index in [4.69, 9.17) is 22.1 Å². The maximum atomic E-state index is 11.6. The second-order valence-corrected chi connectivity index (χ2v) is 10.9. The molecule has 0 spiro atoms. The molecule has 1 fully saturated rings. The molecule has 0 bridgehead atoms. The van der Waals surface area contributed by atoms with Gasteiger partial charge in [0.05, 0.1) is 17.6 Å². The van der Waals surface area contributed by atoms with Gasteiger partial charge in [0, 0.05) is 42.9 Å². The molecular formula is C26H38ClN3O3S. The number of carboxylic acids is 1. The number of carboxylic acid groups (broad SMARTS) is 1. The van der Waals surface area contributed by atoms with Gasteiger partial charge in [-0.25, -0.2) is 0 Å². The minimum atomic E-state index is -0.714. The van der Waals surface area contributed by atoms with Gasteiger partial charge in [0.25, 0.3) is 0 Å². The van der Waals surface area contributed by atoms with Gasteiger partial charge in [-0.2, -0.15) is 11.8 Å². The second-order valence-electron chi connectivity index (χ2n) is 9.26. The molecule has 1 saturated heterocycles. The first kappa shape index (κ1) is 27.1. The summed E-state index contributed by atoms with van der Waals surface area (Å²) in [5, 5.41) is 11.0. The number of fused-ring (bicyclic) bond motifs is 1. The molecule has 2 aromatic rings. The summed E-state index contributed by atoms with van der Waals surface area (Å²) in [6.45, 7) is 5.14. The maximum Gasteiger partial charge on any atom is 0.303 e. The van der Waals surface area contributed by atoms with Crippen molar-refractivity contribution in [3.8, 4) is 5.75 Å². The third kappa shape index (κ3) is 7.48. The first-order valence-electron chi connectivity index (χ1n) is 12.3. The van der Waals surface area contributed by atoms with Crippen molar-refractivity contribution in [2.24, 2.45) is 17.6 Å². The number of hydrogen-bond acceptors (Lipinski definition) is 6. The van der Waals surface area contributed by atoms with E-state index in [2.05, 4.69) is 16.8 Å². The molecule has 0 saturated carbocycles. The predicted molar refractivity (Wildman–Crippen MR) is 142 cm³/mol. The number of aliphatic carboxylic acids is 1. The van der Waals surface area contributed by atoms with E-state index in [0.29, 0.717) is 10.9 Å². The number of likely N-dealkylation sites (tertiary alicyclic amines) is 1. The molecule has 6 nitrogen and oxygen atoms in total. The van der Waals surface area contributed by atoms with Gasteiger partial charge in [-0.3, -0.25) is 9.78 Å². The van der Waals surface area contributed by atoms with Crippen LogP contribution in [0.1, 0.15) is 57.1 Å². The largest absolute Gasteiger partial charge is 0.497 e. The lowest BCUT2D eigenvalue weighted by molar-refractivity contribution is -0.139. The number of aromatic nitrogens is 1. The molecule has 1 aromatic carbocycles. The number of carbonyl (C=O) groups is 1. The van der Waals surface area contributed by atoms with Crippen molar-refractivity contribution >= 4 is 40.2 Å². The molecule has 1 aromatic heterocycles. The lowest BCUT2D eigenvalue weighted by atomic mass is 9.79. The van der Waals surface area contributed by atoms with E-state index in [9.17, 15) is 9.90 Å². The Balaban J connectivity index is 1.63. The summed E-state index contributed by atoms with van der Waals surface area (Å²) < 4.78 is 5.39. The zero-order chi connectivity index (χ0) is 24.5. The Kier molecular flexibility index (Phi) is 10.8. The van der Waals surface area contributed by atoms with E-state index in [-0.39, 0.29) is 18.4 Å². The number of unbranched alkanes of at least 4 members (excludes halogenated alkanes) is 1. The van der Waals surface area contributed by atoms with Crippen LogP contribution >= 0.6 is 23.4 Å². The molecule has 1 aliphatic heterocycles. The number of rotatable bonds is 13. The number of piperidine rings is 1. The van der Waals surface area contributed by atoms with E-state index < -0.39 is 5.97 Å². The summed E-state index contributed by atoms with van der Waals surface area (Å²) in [6, 6.07) is 5.49. The molecule has 8 heteroatoms. The Morgan fingerprint density at radius 3 is 2.94 bits per heavy atom. The van der Waals surface area contributed by atoms with Crippen LogP contribution in [0.2, 0.25) is 5.02 Å². The number of pyridine rings is 1. The van der Waals surface area contributed by atoms with Gasteiger partial charge in [0.2, 0.25) is 0 Å². The average molecular weight is 508 g/mol. The van der Waals surface area contributed by atoms with E-state index >= 15 is 0 Å². The second kappa shape index (κ2) is 13.5. The number of halogens is 1. The summed E-state index contributed by atoms with van der Waals surface area (Å²) in [5.41, 5.74) is 8.40. The zero-order valence-corrected chi connectivity index (χ0v) is 21.9. The van der Waals surface area contributed by atoms with Crippen molar-refractivity contribution in [3.63, 3.8) is 0 Å². The lowest BCUT2D eigenvalue weighted by Gasteiger charge is -2.38. The van der Waals surface area contributed by atoms with Crippen molar-refractivity contribution in [1.29, 1.82) is 0 Å². The summed E-state index contributed by atoms with van der Waals surface area (Å²) in [7, 11) is 1.64. The minimum Gasteiger partial charge on any atom is -0.497 e. The molecule has 0 radical (unpaired) electrons. The highest BCUT2D eigenvalue weighted by molar-refractivity contribution is 7.99. The number of ether oxygens (including phenoxy) is 1. The molecule has 1 aliphatic rings. The molecule has 3 unspecified atom stereocenters. The van der Waals surface area contributed by atoms with Crippen LogP contribution in [0.4, 0.5) is 0 Å². The highest BCUT2D eigenvalue weighted by Gasteiger charge is 2.31. The van der Waals surface area contributed by atoms with Crippen LogP contribution in [0.15, 0.2) is 24.4 Å². The first-order chi connectivity index (χ1) is 16.4. The zero-order valence-electron chi connectivity index (χ0n) is 20.3. The molecule has 0 amide bonds. The minimum absolute atomic E-state index is 0.156. The number of nitrogens with two attached hydrogens (primary N) is 1. The van der Waals surface area contributed by atoms with Gasteiger partial charge in [0.1, 0.15) is 5.75 Å². The van der Waals surface area contributed by atoms with E-state index in [1.807, 2.05) is 30.0 Å². The fourth-order valence-corrected chi connectivity index (χ4v) is 6.32. The fourth-order valence-electron chi connectivity index (χ4n) is 4.95. The number of thioether (sulfide) groups is 1. The van der Waals surface area contributed by atoms with Crippen molar-refractivity contribution in [2.45, 2.75) is 51.5 Å². The molecule has 34 heavy (non-hydrogen) atoms. The third-order valence-corrected chi connectivity index (χ3v) is 8.24. The van der Waals surface area contributed by atoms with Crippen LogP contribution in [0.3, 0.4) is 0 Å². The van der Waals surface area contributed by atoms with Crippen LogP contribution in [0.5, 0.6) is 5.75 Å². The van der Waals surface area contributed by atoms with Gasteiger partial charge in [-0.15, -0.1) is 0 Å². The Bertz CT molecular complexity index is 945. The van der Waals surface area contributed by atoms with Crippen molar-refractivity contribution in [3.05, 3.63) is 35.0 Å². The number of nitrogens with zero attached hydrogens (tertiary/aromatic N) is 2. The molecular weight excluding hydrogens is 470 g/mol. The highest BCUT2D eigenvalue weighted by atomic mass is 35.5. The van der Waals surface area contributed by atoms with Crippen molar-refractivity contribution < 1.29 is 14.6 Å². The SMILES string of the molecule is CCCCSCCN1CCC(CCC(N)c2c(Cl)cnc3ccc(OC)cc23)C(CC(=O)O)C1. The normalized spacial score (nSPS) is 19.9. The van der Waals surface area contributed by atoms with Gasteiger partial charge < -0.3 is 20.5 Å². The van der Waals surface area contributed by atoms with Gasteiger partial charge in [0.15, 0.2) is 0 Å². The van der Waals surface area contributed by atoms with Crippen molar-refractivity contribution in [1.82, 2.24) is 9.88 Å². The quantitative estimate of drug-likeness (QED) is 0.340. The Morgan fingerprint density at radius 2 is 2.21 bits per heavy atom. The Morgan fingerprint density at radius 1 is 1.38 bits per heavy atom. The number of benzene rings is 1. The smallest absolute Gasteiger partial charge is 0.303 e. The molecule has 3 rings (SSSR count). The monoisotopic (exact) mass is 507 g/mol. The first-order valence-corrected chi connectivity index (χ1v) is 13.9.